The lowest BCUT2D eigenvalue weighted by Gasteiger charge is -2.31. The highest BCUT2D eigenvalue weighted by atomic mass is 16.5. The van der Waals surface area contributed by atoms with Gasteiger partial charge in [0.1, 0.15) is 11.8 Å². The second kappa shape index (κ2) is 6.21. The summed E-state index contributed by atoms with van der Waals surface area (Å²) in [6, 6.07) is 8.92. The van der Waals surface area contributed by atoms with Crippen molar-refractivity contribution in [2.24, 2.45) is 0 Å². The molecule has 5 nitrogen and oxygen atoms in total. The van der Waals surface area contributed by atoms with Gasteiger partial charge in [0.2, 0.25) is 0 Å². The number of hydrogen-bond acceptors (Lipinski definition) is 4. The number of nitriles is 1. The number of morpholine rings is 1. The number of amides is 1. The molecule has 1 atom stereocenters. The van der Waals surface area contributed by atoms with Crippen LogP contribution in [0.1, 0.15) is 12.5 Å². The maximum Gasteiger partial charge on any atom is 0.260 e. The van der Waals surface area contributed by atoms with Crippen LogP contribution in [0.15, 0.2) is 24.3 Å². The second-order valence-electron chi connectivity index (χ2n) is 4.42. The summed E-state index contributed by atoms with van der Waals surface area (Å²) in [5.41, 5.74) is 0.436. The molecule has 0 spiro atoms. The van der Waals surface area contributed by atoms with E-state index in [0.717, 1.165) is 0 Å². The second-order valence-corrected chi connectivity index (χ2v) is 4.42. The van der Waals surface area contributed by atoms with Crippen LogP contribution < -0.4 is 4.74 Å². The Morgan fingerprint density at radius 1 is 1.58 bits per heavy atom. The average Bonchev–Trinajstić information content (AvgIpc) is 2.45. The van der Waals surface area contributed by atoms with Gasteiger partial charge in [0.15, 0.2) is 6.61 Å². The summed E-state index contributed by atoms with van der Waals surface area (Å²) < 4.78 is 10.8. The Kier molecular flexibility index (Phi) is 4.37. The summed E-state index contributed by atoms with van der Waals surface area (Å²) in [4.78, 5) is 13.7. The highest BCUT2D eigenvalue weighted by Gasteiger charge is 2.21. The zero-order chi connectivity index (χ0) is 13.7. The summed E-state index contributed by atoms with van der Waals surface area (Å²) >= 11 is 0. The number of ether oxygens (including phenoxy) is 2. The van der Waals surface area contributed by atoms with E-state index in [9.17, 15) is 4.79 Å². The van der Waals surface area contributed by atoms with Crippen LogP contribution in [-0.2, 0) is 9.53 Å². The Hall–Kier alpha value is -2.06. The molecule has 0 aromatic heterocycles. The third-order valence-corrected chi connectivity index (χ3v) is 2.95. The molecule has 2 rings (SSSR count). The SMILES string of the molecule is CC1CN(C(=O)COc2ccccc2C#N)CCO1. The van der Waals surface area contributed by atoms with Crippen molar-refractivity contribution in [3.63, 3.8) is 0 Å². The third kappa shape index (κ3) is 3.46. The van der Waals surface area contributed by atoms with E-state index in [0.29, 0.717) is 31.0 Å². The number of benzene rings is 1. The largest absolute Gasteiger partial charge is 0.482 e. The van der Waals surface area contributed by atoms with Crippen LogP contribution in [0.25, 0.3) is 0 Å². The van der Waals surface area contributed by atoms with Crippen LogP contribution >= 0.6 is 0 Å². The maximum atomic E-state index is 12.0. The Bertz CT molecular complexity index is 496. The molecule has 1 aromatic rings. The molecule has 1 unspecified atom stereocenters. The van der Waals surface area contributed by atoms with Crippen molar-refractivity contribution in [3.8, 4) is 11.8 Å². The Morgan fingerprint density at radius 3 is 3.11 bits per heavy atom. The fourth-order valence-corrected chi connectivity index (χ4v) is 1.96. The Morgan fingerprint density at radius 2 is 2.37 bits per heavy atom. The van der Waals surface area contributed by atoms with E-state index < -0.39 is 0 Å². The standard InChI is InChI=1S/C14H16N2O3/c1-11-9-16(6-7-18-11)14(17)10-19-13-5-3-2-4-12(13)8-15/h2-5,11H,6-7,9-10H2,1H3. The zero-order valence-corrected chi connectivity index (χ0v) is 10.8. The average molecular weight is 260 g/mol. The minimum absolute atomic E-state index is 0.0502. The Labute approximate surface area is 112 Å². The fourth-order valence-electron chi connectivity index (χ4n) is 1.96. The lowest BCUT2D eigenvalue weighted by molar-refractivity contribution is -0.140. The number of rotatable bonds is 3. The monoisotopic (exact) mass is 260 g/mol. The molecule has 0 saturated carbocycles. The van der Waals surface area contributed by atoms with Crippen LogP contribution in [0.3, 0.4) is 0 Å². The molecule has 1 fully saturated rings. The highest BCUT2D eigenvalue weighted by molar-refractivity contribution is 5.78. The molecule has 0 bridgehead atoms. The number of hydrogen-bond donors (Lipinski definition) is 0. The summed E-state index contributed by atoms with van der Waals surface area (Å²) in [6.07, 6.45) is 0.0593. The van der Waals surface area contributed by atoms with Crippen molar-refractivity contribution < 1.29 is 14.3 Å². The number of carbonyl (C=O) groups excluding carboxylic acids is 1. The van der Waals surface area contributed by atoms with Crippen molar-refractivity contribution in [1.29, 1.82) is 5.26 Å². The predicted octanol–water partition coefficient (Wildman–Crippen LogP) is 1.18. The van der Waals surface area contributed by atoms with Gasteiger partial charge in [-0.25, -0.2) is 0 Å². The zero-order valence-electron chi connectivity index (χ0n) is 10.8. The van der Waals surface area contributed by atoms with Crippen LogP contribution in [-0.4, -0.2) is 43.2 Å². The molecular weight excluding hydrogens is 244 g/mol. The maximum absolute atomic E-state index is 12.0. The van der Waals surface area contributed by atoms with Crippen molar-refractivity contribution >= 4 is 5.91 Å². The van der Waals surface area contributed by atoms with Gasteiger partial charge in [-0.2, -0.15) is 5.26 Å². The number of nitrogens with zero attached hydrogens (tertiary/aromatic N) is 2. The molecular formula is C14H16N2O3. The van der Waals surface area contributed by atoms with E-state index in [4.69, 9.17) is 14.7 Å². The van der Waals surface area contributed by atoms with Crippen LogP contribution in [0.4, 0.5) is 0 Å². The molecule has 1 saturated heterocycles. The highest BCUT2D eigenvalue weighted by Crippen LogP contribution is 2.16. The third-order valence-electron chi connectivity index (χ3n) is 2.95. The van der Waals surface area contributed by atoms with Gasteiger partial charge < -0.3 is 14.4 Å². The first-order valence-corrected chi connectivity index (χ1v) is 6.22. The molecule has 0 radical (unpaired) electrons. The predicted molar refractivity (Wildman–Crippen MR) is 68.6 cm³/mol. The van der Waals surface area contributed by atoms with Gasteiger partial charge in [-0.15, -0.1) is 0 Å². The van der Waals surface area contributed by atoms with E-state index in [2.05, 4.69) is 0 Å². The minimum atomic E-state index is -0.0807. The number of carbonyl (C=O) groups is 1. The van der Waals surface area contributed by atoms with Gasteiger partial charge in [-0.1, -0.05) is 12.1 Å². The van der Waals surface area contributed by atoms with Crippen molar-refractivity contribution in [3.05, 3.63) is 29.8 Å². The van der Waals surface area contributed by atoms with Gasteiger partial charge in [0, 0.05) is 13.1 Å². The fraction of sp³-hybridized carbons (Fsp3) is 0.429. The molecule has 0 N–H and O–H groups in total. The first-order valence-electron chi connectivity index (χ1n) is 6.22. The summed E-state index contributed by atoms with van der Waals surface area (Å²) in [7, 11) is 0. The minimum Gasteiger partial charge on any atom is -0.482 e. The van der Waals surface area contributed by atoms with E-state index in [1.807, 2.05) is 13.0 Å². The normalized spacial score (nSPS) is 18.7. The molecule has 1 aromatic carbocycles. The number of para-hydroxylation sites is 1. The summed E-state index contributed by atoms with van der Waals surface area (Å²) in [6.45, 7) is 3.62. The van der Waals surface area contributed by atoms with E-state index >= 15 is 0 Å². The first kappa shape index (κ1) is 13.4. The smallest absolute Gasteiger partial charge is 0.260 e. The van der Waals surface area contributed by atoms with Gasteiger partial charge in [-0.3, -0.25) is 4.79 Å². The van der Waals surface area contributed by atoms with Gasteiger partial charge in [0.05, 0.1) is 18.3 Å². The molecule has 0 aliphatic carbocycles. The molecule has 1 heterocycles. The van der Waals surface area contributed by atoms with Crippen molar-refractivity contribution in [2.45, 2.75) is 13.0 Å². The first-order chi connectivity index (χ1) is 9.20. The van der Waals surface area contributed by atoms with Crippen LogP contribution in [0.5, 0.6) is 5.75 Å². The lowest BCUT2D eigenvalue weighted by atomic mass is 10.2. The quantitative estimate of drug-likeness (QED) is 0.818. The van der Waals surface area contributed by atoms with Crippen molar-refractivity contribution in [1.82, 2.24) is 4.90 Å². The van der Waals surface area contributed by atoms with Crippen molar-refractivity contribution in [2.75, 3.05) is 26.3 Å². The Balaban J connectivity index is 1.91. The van der Waals surface area contributed by atoms with Crippen LogP contribution in [0.2, 0.25) is 0 Å². The van der Waals surface area contributed by atoms with Gasteiger partial charge >= 0.3 is 0 Å². The lowest BCUT2D eigenvalue weighted by Crippen LogP contribution is -2.46. The molecule has 100 valence electrons. The molecule has 1 aliphatic heterocycles. The van der Waals surface area contributed by atoms with Gasteiger partial charge in [-0.05, 0) is 19.1 Å². The van der Waals surface area contributed by atoms with E-state index in [-0.39, 0.29) is 18.6 Å². The molecule has 1 amide bonds. The topological polar surface area (TPSA) is 62.6 Å². The van der Waals surface area contributed by atoms with E-state index in [1.54, 1.807) is 29.2 Å². The van der Waals surface area contributed by atoms with Gasteiger partial charge in [0.25, 0.3) is 5.91 Å². The molecule has 5 heteroatoms. The van der Waals surface area contributed by atoms with E-state index in [1.165, 1.54) is 0 Å². The summed E-state index contributed by atoms with van der Waals surface area (Å²) in [5.74, 6) is 0.363. The van der Waals surface area contributed by atoms with Crippen LogP contribution in [0, 0.1) is 11.3 Å². The molecule has 1 aliphatic rings. The summed E-state index contributed by atoms with van der Waals surface area (Å²) in [5, 5.41) is 8.93. The molecule has 19 heavy (non-hydrogen) atoms.